The Hall–Kier alpha value is -2.83. The van der Waals surface area contributed by atoms with Gasteiger partial charge in [0, 0.05) is 31.0 Å². The Kier molecular flexibility index (Phi) is 14.1. The van der Waals surface area contributed by atoms with Crippen LogP contribution in [-0.2, 0) is 23.7 Å². The zero-order chi connectivity index (χ0) is 28.7. The number of allylic oxidation sites excluding steroid dienone is 2. The van der Waals surface area contributed by atoms with Gasteiger partial charge >= 0.3 is 0 Å². The summed E-state index contributed by atoms with van der Waals surface area (Å²) in [4.78, 5) is 29.4. The second-order valence-electron chi connectivity index (χ2n) is 10.1. The van der Waals surface area contributed by atoms with Crippen molar-refractivity contribution in [1.29, 1.82) is 0 Å². The first kappa shape index (κ1) is 32.4. The van der Waals surface area contributed by atoms with Crippen LogP contribution >= 0.6 is 0 Å². The quantitative estimate of drug-likeness (QED) is 0.159. The molecule has 39 heavy (non-hydrogen) atoms. The van der Waals surface area contributed by atoms with Crippen LogP contribution in [0.2, 0.25) is 0 Å². The third kappa shape index (κ3) is 11.8. The topological polar surface area (TPSA) is 168 Å². The number of primary amides is 1. The Morgan fingerprint density at radius 3 is 2.13 bits per heavy atom. The number of ether oxygens (including phenoxy) is 4. The predicted molar refractivity (Wildman–Crippen MR) is 150 cm³/mol. The summed E-state index contributed by atoms with van der Waals surface area (Å²) in [6.45, 7) is 9.96. The molecule has 1 fully saturated rings. The smallest absolute Gasteiger partial charge is 0.250 e. The number of carbonyl (C=O) groups excluding carboxylic acids is 2. The molecule has 6 N–H and O–H groups in total. The normalized spacial score (nSPS) is 17.4. The fourth-order valence-electron chi connectivity index (χ4n) is 4.17. The lowest BCUT2D eigenvalue weighted by atomic mass is 9.73. The van der Waals surface area contributed by atoms with Crippen molar-refractivity contribution in [3.63, 3.8) is 0 Å². The molecule has 1 saturated carbocycles. The third-order valence-corrected chi connectivity index (χ3v) is 5.91. The minimum Gasteiger partial charge on any atom is -0.402 e. The van der Waals surface area contributed by atoms with Crippen molar-refractivity contribution in [2.45, 2.75) is 40.0 Å². The number of nitrogens with one attached hydrogen (secondary N) is 1. The molecule has 11 nitrogen and oxygen atoms in total. The number of aliphatic imine (C=N–C) groups is 1. The van der Waals surface area contributed by atoms with E-state index in [1.54, 1.807) is 25.1 Å². The van der Waals surface area contributed by atoms with Crippen LogP contribution in [0.25, 0.3) is 0 Å². The molecule has 0 aliphatic heterocycles. The fraction of sp³-hybridized carbons (Fsp3) is 0.607. The maximum Gasteiger partial charge on any atom is 0.250 e. The number of amides is 1. The summed E-state index contributed by atoms with van der Waals surface area (Å²) >= 11 is 0. The number of aliphatic hydroxyl groups is 1. The van der Waals surface area contributed by atoms with Crippen molar-refractivity contribution in [1.82, 2.24) is 0 Å². The molecule has 0 radical (unpaired) electrons. The molecule has 0 heterocycles. The zero-order valence-corrected chi connectivity index (χ0v) is 23.4. The summed E-state index contributed by atoms with van der Waals surface area (Å²) in [5, 5.41) is 11.9. The Balaban J connectivity index is 1.80. The predicted octanol–water partition coefficient (Wildman–Crippen LogP) is 2.34. The largest absolute Gasteiger partial charge is 0.402 e. The number of aliphatic hydroxyl groups excluding tert-OH is 1. The van der Waals surface area contributed by atoms with Crippen molar-refractivity contribution in [3.8, 4) is 0 Å². The van der Waals surface area contributed by atoms with E-state index in [2.05, 4.69) is 5.32 Å². The molecule has 2 rings (SSSR count). The van der Waals surface area contributed by atoms with Crippen LogP contribution in [0.3, 0.4) is 0 Å². The highest BCUT2D eigenvalue weighted by atomic mass is 16.6. The van der Waals surface area contributed by atoms with E-state index in [0.29, 0.717) is 113 Å². The molecule has 1 aromatic carbocycles. The van der Waals surface area contributed by atoms with Gasteiger partial charge in [-0.1, -0.05) is 13.8 Å². The molecule has 0 atom stereocenters. The zero-order valence-electron chi connectivity index (χ0n) is 23.4. The van der Waals surface area contributed by atoms with Gasteiger partial charge in [0.1, 0.15) is 0 Å². The van der Waals surface area contributed by atoms with Gasteiger partial charge in [0.15, 0.2) is 5.78 Å². The number of hydrogen-bond acceptors (Lipinski definition) is 10. The first-order chi connectivity index (χ1) is 18.6. The summed E-state index contributed by atoms with van der Waals surface area (Å²) in [5.41, 5.74) is 14.5. The van der Waals surface area contributed by atoms with E-state index >= 15 is 0 Å². The number of Topliss-reactive ketones (excluding diaryl/α,β-unsaturated/α-hetero) is 1. The van der Waals surface area contributed by atoms with Crippen LogP contribution in [0, 0.1) is 5.41 Å². The monoisotopic (exact) mass is 548 g/mol. The van der Waals surface area contributed by atoms with Crippen molar-refractivity contribution in [3.05, 3.63) is 35.0 Å². The Morgan fingerprint density at radius 2 is 1.56 bits per heavy atom. The van der Waals surface area contributed by atoms with Gasteiger partial charge in [-0.15, -0.1) is 0 Å². The van der Waals surface area contributed by atoms with Crippen LogP contribution in [0.1, 0.15) is 50.4 Å². The minimum atomic E-state index is -0.542. The maximum absolute atomic E-state index is 12.7. The lowest BCUT2D eigenvalue weighted by Gasteiger charge is -2.31. The second kappa shape index (κ2) is 17.0. The Labute approximate surface area is 230 Å². The van der Waals surface area contributed by atoms with Gasteiger partial charge in [0.2, 0.25) is 0 Å². The van der Waals surface area contributed by atoms with E-state index in [4.69, 9.17) is 40.5 Å². The van der Waals surface area contributed by atoms with Crippen molar-refractivity contribution in [2.75, 3.05) is 71.3 Å². The third-order valence-electron chi connectivity index (χ3n) is 5.91. The van der Waals surface area contributed by atoms with Crippen molar-refractivity contribution >= 4 is 28.8 Å². The Bertz CT molecular complexity index is 1000. The van der Waals surface area contributed by atoms with E-state index in [9.17, 15) is 9.59 Å². The number of carbonyl (C=O) groups is 2. The molecule has 218 valence electrons. The molecule has 1 aliphatic rings. The van der Waals surface area contributed by atoms with Gasteiger partial charge in [-0.05, 0) is 43.4 Å². The van der Waals surface area contributed by atoms with Gasteiger partial charge < -0.3 is 40.8 Å². The second-order valence-corrected chi connectivity index (χ2v) is 10.1. The van der Waals surface area contributed by atoms with Crippen LogP contribution in [0.5, 0.6) is 0 Å². The number of nitrogens with zero attached hydrogens (tertiary/aromatic N) is 1. The highest BCUT2D eigenvalue weighted by Crippen LogP contribution is 2.36. The maximum atomic E-state index is 12.7. The standard InChI is InChI=1S/C28H44N4O7/c1-20(29)26-24(18-28(2,3)19-25(26)34)32-21-5-6-22(27(30)35)23(17-21)31-7-4-9-36-11-13-38-15-16-39-14-12-37-10-8-33/h5-6,17,31,33H,4,7-16,18-19,29H2,1-3H3,(H2,30,35). The van der Waals surface area contributed by atoms with Crippen molar-refractivity contribution < 1.29 is 33.6 Å². The molecule has 0 spiro atoms. The van der Waals surface area contributed by atoms with E-state index in [0.717, 1.165) is 0 Å². The van der Waals surface area contributed by atoms with Crippen LogP contribution in [0.4, 0.5) is 11.4 Å². The van der Waals surface area contributed by atoms with Crippen molar-refractivity contribution in [2.24, 2.45) is 21.9 Å². The molecule has 0 unspecified atom stereocenters. The number of nitrogens with two attached hydrogens (primary N) is 2. The minimum absolute atomic E-state index is 0.00348. The van der Waals surface area contributed by atoms with Gasteiger partial charge in [-0.2, -0.15) is 0 Å². The summed E-state index contributed by atoms with van der Waals surface area (Å²) in [7, 11) is 0. The molecule has 1 amide bonds. The average Bonchev–Trinajstić information content (AvgIpc) is 2.85. The molecule has 1 aliphatic carbocycles. The summed E-state index contributed by atoms with van der Waals surface area (Å²) < 4.78 is 21.5. The van der Waals surface area contributed by atoms with E-state index < -0.39 is 5.91 Å². The summed E-state index contributed by atoms with van der Waals surface area (Å²) in [6.07, 6.45) is 1.75. The van der Waals surface area contributed by atoms with Crippen LogP contribution in [-0.4, -0.2) is 88.5 Å². The highest BCUT2D eigenvalue weighted by molar-refractivity contribution is 6.25. The first-order valence-electron chi connectivity index (χ1n) is 13.3. The molecule has 0 aromatic heterocycles. The highest BCUT2D eigenvalue weighted by Gasteiger charge is 2.35. The van der Waals surface area contributed by atoms with E-state index in [-0.39, 0.29) is 17.8 Å². The van der Waals surface area contributed by atoms with E-state index in [1.807, 2.05) is 13.8 Å². The van der Waals surface area contributed by atoms with Gasteiger partial charge in [0.25, 0.3) is 5.91 Å². The molecule has 0 bridgehead atoms. The van der Waals surface area contributed by atoms with Gasteiger partial charge in [-0.3, -0.25) is 14.6 Å². The van der Waals surface area contributed by atoms with E-state index in [1.165, 1.54) is 0 Å². The number of benzene rings is 1. The lowest BCUT2D eigenvalue weighted by Crippen LogP contribution is -2.33. The number of ketones is 1. The Morgan fingerprint density at radius 1 is 0.974 bits per heavy atom. The molecular weight excluding hydrogens is 504 g/mol. The van der Waals surface area contributed by atoms with Crippen LogP contribution in [0.15, 0.2) is 34.5 Å². The SMILES string of the molecule is CC(N)=C1C(=O)CC(C)(C)CC1=Nc1ccc(C(N)=O)c(NCCCOCCOCCOCCOCCO)c1. The van der Waals surface area contributed by atoms with Gasteiger partial charge in [0.05, 0.1) is 75.4 Å². The number of rotatable bonds is 18. The summed E-state index contributed by atoms with van der Waals surface area (Å²) in [5.74, 6) is -0.546. The molecular formula is C28H44N4O7. The first-order valence-corrected chi connectivity index (χ1v) is 13.3. The average molecular weight is 549 g/mol. The molecule has 11 heteroatoms. The fourth-order valence-corrected chi connectivity index (χ4v) is 4.17. The van der Waals surface area contributed by atoms with Crippen LogP contribution < -0.4 is 16.8 Å². The van der Waals surface area contributed by atoms with Gasteiger partial charge in [-0.25, -0.2) is 0 Å². The number of hydrogen-bond donors (Lipinski definition) is 4. The number of anilines is 1. The molecule has 0 saturated heterocycles. The molecule has 1 aromatic rings. The lowest BCUT2D eigenvalue weighted by molar-refractivity contribution is -0.117. The summed E-state index contributed by atoms with van der Waals surface area (Å²) in [6, 6.07) is 5.11.